The van der Waals surface area contributed by atoms with E-state index in [4.69, 9.17) is 0 Å². The van der Waals surface area contributed by atoms with Gasteiger partial charge in [0, 0.05) is 57.3 Å². The molecule has 4 rings (SSSR count). The third-order valence-corrected chi connectivity index (χ3v) is 6.79. The van der Waals surface area contributed by atoms with Crippen molar-refractivity contribution in [2.45, 2.75) is 32.6 Å². The number of anilines is 1. The maximum atomic E-state index is 12.7. The lowest BCUT2D eigenvalue weighted by molar-refractivity contribution is -0.131. The molecule has 4 heterocycles. The van der Waals surface area contributed by atoms with Crippen molar-refractivity contribution in [3.63, 3.8) is 0 Å². The molecule has 0 saturated carbocycles. The molecule has 0 N–H and O–H groups in total. The van der Waals surface area contributed by atoms with Gasteiger partial charge in [0.15, 0.2) is 0 Å². The van der Waals surface area contributed by atoms with E-state index >= 15 is 0 Å². The summed E-state index contributed by atoms with van der Waals surface area (Å²) < 4.78 is 0. The molecule has 0 bridgehead atoms. The van der Waals surface area contributed by atoms with Gasteiger partial charge in [-0.05, 0) is 44.2 Å². The van der Waals surface area contributed by atoms with E-state index in [9.17, 15) is 9.59 Å². The number of hydrogen-bond acceptors (Lipinski definition) is 6. The highest BCUT2D eigenvalue weighted by Crippen LogP contribution is 2.24. The number of thiazole rings is 1. The fourth-order valence-corrected chi connectivity index (χ4v) is 4.91. The lowest BCUT2D eigenvalue weighted by Gasteiger charge is -2.36. The Labute approximate surface area is 181 Å². The predicted octanol–water partition coefficient (Wildman–Crippen LogP) is 2.83. The Balaban J connectivity index is 1.22. The summed E-state index contributed by atoms with van der Waals surface area (Å²) >= 11 is 1.51. The maximum absolute atomic E-state index is 12.7. The first-order valence-electron chi connectivity index (χ1n) is 10.8. The fraction of sp³-hybridized carbons (Fsp3) is 0.545. The van der Waals surface area contributed by atoms with Crippen molar-refractivity contribution in [3.8, 4) is 0 Å². The van der Waals surface area contributed by atoms with Gasteiger partial charge in [-0.3, -0.25) is 9.59 Å². The number of amides is 2. The number of pyridine rings is 1. The molecule has 2 aliphatic rings. The molecular formula is C22H29N5O2S. The highest BCUT2D eigenvalue weighted by molar-refractivity contribution is 7.09. The van der Waals surface area contributed by atoms with E-state index in [0.717, 1.165) is 69.4 Å². The molecule has 1 atom stereocenters. The van der Waals surface area contributed by atoms with Gasteiger partial charge in [0.05, 0.1) is 5.01 Å². The Kier molecular flexibility index (Phi) is 6.62. The van der Waals surface area contributed by atoms with Crippen molar-refractivity contribution in [1.29, 1.82) is 0 Å². The number of carbonyl (C=O) groups is 2. The largest absolute Gasteiger partial charge is 0.353 e. The minimum Gasteiger partial charge on any atom is -0.353 e. The van der Waals surface area contributed by atoms with Crippen LogP contribution in [0.2, 0.25) is 0 Å². The van der Waals surface area contributed by atoms with Crippen LogP contribution in [0.3, 0.4) is 0 Å². The number of hydrogen-bond donors (Lipinski definition) is 0. The van der Waals surface area contributed by atoms with E-state index in [-0.39, 0.29) is 11.8 Å². The second-order valence-electron chi connectivity index (χ2n) is 8.11. The smallest absolute Gasteiger partial charge is 0.273 e. The van der Waals surface area contributed by atoms with Crippen LogP contribution in [0.1, 0.15) is 41.2 Å². The SMILES string of the molecule is Cc1nc(C(=O)N2CCC[C@H](CCC(=O)N3CCN(c4ccccn4)CC3)C2)cs1. The Morgan fingerprint density at radius 3 is 2.67 bits per heavy atom. The Bertz CT molecular complexity index is 863. The minimum absolute atomic E-state index is 0.0287. The summed E-state index contributed by atoms with van der Waals surface area (Å²) in [5.74, 6) is 1.63. The van der Waals surface area contributed by atoms with Gasteiger partial charge < -0.3 is 14.7 Å². The van der Waals surface area contributed by atoms with Crippen molar-refractivity contribution in [2.24, 2.45) is 5.92 Å². The van der Waals surface area contributed by atoms with Crippen LogP contribution in [-0.4, -0.2) is 70.9 Å². The molecule has 2 aromatic heterocycles. The van der Waals surface area contributed by atoms with Crippen LogP contribution in [0.4, 0.5) is 5.82 Å². The summed E-state index contributed by atoms with van der Waals surface area (Å²) in [7, 11) is 0. The number of aryl methyl sites for hydroxylation is 1. The van der Waals surface area contributed by atoms with Crippen LogP contribution in [0.15, 0.2) is 29.8 Å². The van der Waals surface area contributed by atoms with Crippen molar-refractivity contribution in [2.75, 3.05) is 44.2 Å². The molecule has 0 radical (unpaired) electrons. The molecule has 0 unspecified atom stereocenters. The van der Waals surface area contributed by atoms with E-state index in [1.807, 2.05) is 40.3 Å². The monoisotopic (exact) mass is 427 g/mol. The van der Waals surface area contributed by atoms with Gasteiger partial charge in [0.2, 0.25) is 5.91 Å². The standard InChI is InChI=1S/C22H29N5O2S/c1-17-24-19(16-30-17)22(29)27-10-4-5-18(15-27)7-8-21(28)26-13-11-25(12-14-26)20-6-2-3-9-23-20/h2-3,6,9,16,18H,4-5,7-8,10-15H2,1H3/t18-/m1/s1. The second-order valence-corrected chi connectivity index (χ2v) is 9.17. The van der Waals surface area contributed by atoms with Gasteiger partial charge in [-0.15, -0.1) is 11.3 Å². The van der Waals surface area contributed by atoms with Gasteiger partial charge >= 0.3 is 0 Å². The number of carbonyl (C=O) groups excluding carboxylic acids is 2. The van der Waals surface area contributed by atoms with E-state index in [1.165, 1.54) is 11.3 Å². The Morgan fingerprint density at radius 1 is 1.13 bits per heavy atom. The first kappa shape index (κ1) is 20.8. The molecule has 8 heteroatoms. The van der Waals surface area contributed by atoms with Gasteiger partial charge in [-0.1, -0.05) is 6.07 Å². The predicted molar refractivity (Wildman–Crippen MR) is 118 cm³/mol. The zero-order valence-electron chi connectivity index (χ0n) is 17.5. The van der Waals surface area contributed by atoms with Crippen LogP contribution in [-0.2, 0) is 4.79 Å². The summed E-state index contributed by atoms with van der Waals surface area (Å²) in [6.07, 6.45) is 5.29. The van der Waals surface area contributed by atoms with Crippen molar-refractivity contribution < 1.29 is 9.59 Å². The quantitative estimate of drug-likeness (QED) is 0.734. The van der Waals surface area contributed by atoms with Gasteiger partial charge in [-0.2, -0.15) is 0 Å². The molecule has 7 nitrogen and oxygen atoms in total. The highest BCUT2D eigenvalue weighted by Gasteiger charge is 2.27. The second kappa shape index (κ2) is 9.55. The third kappa shape index (κ3) is 4.98. The summed E-state index contributed by atoms with van der Waals surface area (Å²) in [5, 5.41) is 2.76. The Morgan fingerprint density at radius 2 is 1.97 bits per heavy atom. The average molecular weight is 428 g/mol. The summed E-state index contributed by atoms with van der Waals surface area (Å²) in [6, 6.07) is 5.93. The topological polar surface area (TPSA) is 69.6 Å². The van der Waals surface area contributed by atoms with Crippen molar-refractivity contribution >= 4 is 29.0 Å². The normalized spacial score (nSPS) is 19.8. The number of aromatic nitrogens is 2. The van der Waals surface area contributed by atoms with Gasteiger partial charge in [-0.25, -0.2) is 9.97 Å². The lowest BCUT2D eigenvalue weighted by Crippen LogP contribution is -2.49. The molecule has 30 heavy (non-hydrogen) atoms. The number of nitrogens with zero attached hydrogens (tertiary/aromatic N) is 5. The van der Waals surface area contributed by atoms with E-state index < -0.39 is 0 Å². The molecule has 2 saturated heterocycles. The van der Waals surface area contributed by atoms with Crippen LogP contribution >= 0.6 is 11.3 Å². The zero-order chi connectivity index (χ0) is 20.9. The molecule has 160 valence electrons. The summed E-state index contributed by atoms with van der Waals surface area (Å²) in [5.41, 5.74) is 0.556. The molecular weight excluding hydrogens is 398 g/mol. The van der Waals surface area contributed by atoms with E-state index in [1.54, 1.807) is 6.20 Å². The first-order valence-corrected chi connectivity index (χ1v) is 11.6. The lowest BCUT2D eigenvalue weighted by atomic mass is 9.93. The molecule has 2 amide bonds. The maximum Gasteiger partial charge on any atom is 0.273 e. The molecule has 0 aliphatic carbocycles. The highest BCUT2D eigenvalue weighted by atomic mass is 32.1. The van der Waals surface area contributed by atoms with Crippen molar-refractivity contribution in [3.05, 3.63) is 40.5 Å². The van der Waals surface area contributed by atoms with Crippen LogP contribution < -0.4 is 4.90 Å². The van der Waals surface area contributed by atoms with Crippen LogP contribution in [0.5, 0.6) is 0 Å². The Hall–Kier alpha value is -2.48. The molecule has 0 spiro atoms. The molecule has 2 fully saturated rings. The van der Waals surface area contributed by atoms with E-state index in [2.05, 4.69) is 14.9 Å². The molecule has 2 aliphatic heterocycles. The average Bonchev–Trinajstić information content (AvgIpc) is 3.24. The van der Waals surface area contributed by atoms with Gasteiger partial charge in [0.1, 0.15) is 11.5 Å². The zero-order valence-corrected chi connectivity index (χ0v) is 18.3. The van der Waals surface area contributed by atoms with Crippen LogP contribution in [0, 0.1) is 12.8 Å². The van der Waals surface area contributed by atoms with Crippen LogP contribution in [0.25, 0.3) is 0 Å². The minimum atomic E-state index is 0.0287. The number of piperidine rings is 1. The van der Waals surface area contributed by atoms with Gasteiger partial charge in [0.25, 0.3) is 5.91 Å². The molecule has 0 aromatic carbocycles. The third-order valence-electron chi connectivity index (χ3n) is 6.02. The summed E-state index contributed by atoms with van der Waals surface area (Å²) in [4.78, 5) is 40.3. The number of rotatable bonds is 5. The molecule has 2 aromatic rings. The first-order chi connectivity index (χ1) is 14.6. The van der Waals surface area contributed by atoms with Crippen molar-refractivity contribution in [1.82, 2.24) is 19.8 Å². The number of piperazine rings is 1. The fourth-order valence-electron chi connectivity index (χ4n) is 4.32. The number of likely N-dealkylation sites (tertiary alicyclic amines) is 1. The van der Waals surface area contributed by atoms with E-state index in [0.29, 0.717) is 18.0 Å². The summed E-state index contributed by atoms with van der Waals surface area (Å²) in [6.45, 7) is 6.57.